The number of aliphatic hydroxyl groups is 1. The molecule has 1 heterocycles. The molecule has 1 aliphatic heterocycles. The minimum absolute atomic E-state index is 0.0406. The summed E-state index contributed by atoms with van der Waals surface area (Å²) in [7, 11) is 0. The zero-order valence-corrected chi connectivity index (χ0v) is 24.0. The van der Waals surface area contributed by atoms with Crippen molar-refractivity contribution in [2.75, 3.05) is 13.2 Å². The minimum Gasteiger partial charge on any atom is -0.494 e. The van der Waals surface area contributed by atoms with Crippen LogP contribution in [-0.2, 0) is 29.0 Å². The molecule has 2 atom stereocenters. The molecule has 0 bridgehead atoms. The number of carbonyl (C=O) groups excluding carboxylic acids is 1. The van der Waals surface area contributed by atoms with Crippen molar-refractivity contribution in [3.8, 4) is 5.75 Å². The molecule has 224 valence electrons. The molecule has 0 unspecified atom stereocenters. The van der Waals surface area contributed by atoms with Gasteiger partial charge < -0.3 is 19.9 Å². The first-order valence-electron chi connectivity index (χ1n) is 14.3. The summed E-state index contributed by atoms with van der Waals surface area (Å²) in [6.07, 6.45) is -0.144. The third kappa shape index (κ3) is 7.06. The molecule has 5 rings (SSSR count). The van der Waals surface area contributed by atoms with Gasteiger partial charge in [0.15, 0.2) is 11.6 Å². The van der Waals surface area contributed by atoms with E-state index in [-0.39, 0.29) is 32.0 Å². The van der Waals surface area contributed by atoms with E-state index in [4.69, 9.17) is 25.1 Å². The first-order valence-corrected chi connectivity index (χ1v) is 14.3. The third-order valence-corrected chi connectivity index (χ3v) is 7.36. The predicted octanol–water partition coefficient (Wildman–Crippen LogP) is 6.21. The molecule has 1 aliphatic rings. The van der Waals surface area contributed by atoms with Crippen LogP contribution in [0.2, 0.25) is 0 Å². The number of halogens is 1. The van der Waals surface area contributed by atoms with Gasteiger partial charge in [0.25, 0.3) is 5.91 Å². The quantitative estimate of drug-likeness (QED) is 0.0826. The topological polar surface area (TPSA) is 129 Å². The van der Waals surface area contributed by atoms with E-state index in [2.05, 4.69) is 15.3 Å². The van der Waals surface area contributed by atoms with Crippen LogP contribution in [0.4, 0.5) is 4.39 Å². The highest BCUT2D eigenvalue weighted by Crippen LogP contribution is 2.43. The molecule has 0 radical (unpaired) electrons. The number of aliphatic hydroxyl groups excluding tert-OH is 1. The molecule has 44 heavy (non-hydrogen) atoms. The number of hydrogen-bond donors (Lipinski definition) is 2. The van der Waals surface area contributed by atoms with Gasteiger partial charge in [0.05, 0.1) is 13.2 Å². The lowest BCUT2D eigenvalue weighted by Crippen LogP contribution is -2.49. The molecule has 4 aromatic rings. The van der Waals surface area contributed by atoms with Crippen LogP contribution in [0.5, 0.6) is 5.75 Å². The maximum Gasteiger partial charge on any atom is 0.252 e. The number of ether oxygens (including phenoxy) is 2. The summed E-state index contributed by atoms with van der Waals surface area (Å²) in [5.41, 5.74) is 11.1. The van der Waals surface area contributed by atoms with E-state index in [1.54, 1.807) is 24.3 Å². The third-order valence-electron chi connectivity index (χ3n) is 7.36. The summed E-state index contributed by atoms with van der Waals surface area (Å²) < 4.78 is 26.2. The minimum atomic E-state index is -1.47. The van der Waals surface area contributed by atoms with Gasteiger partial charge in [-0.1, -0.05) is 71.8 Å². The first-order chi connectivity index (χ1) is 21.5. The van der Waals surface area contributed by atoms with Gasteiger partial charge in [-0.05, 0) is 64.2 Å². The van der Waals surface area contributed by atoms with Gasteiger partial charge in [-0.3, -0.25) is 4.79 Å². The molecule has 0 aliphatic carbocycles. The van der Waals surface area contributed by atoms with Crippen molar-refractivity contribution in [1.82, 2.24) is 5.32 Å². The molecule has 10 heteroatoms. The Kier molecular flexibility index (Phi) is 9.86. The maximum absolute atomic E-state index is 14.4. The highest BCUT2D eigenvalue weighted by molar-refractivity contribution is 6.01. The van der Waals surface area contributed by atoms with E-state index in [9.17, 15) is 9.18 Å². The van der Waals surface area contributed by atoms with Crippen molar-refractivity contribution in [3.05, 3.63) is 147 Å². The zero-order valence-electron chi connectivity index (χ0n) is 24.0. The fourth-order valence-electron chi connectivity index (χ4n) is 5.17. The summed E-state index contributed by atoms with van der Waals surface area (Å²) in [6.45, 7) is 0.621. The van der Waals surface area contributed by atoms with Crippen LogP contribution in [0.1, 0.15) is 40.3 Å². The number of rotatable bonds is 13. The Labute approximate surface area is 254 Å². The SMILES string of the molecule is [N-]=[N+]=NCc1ccccc1C[C@@]1(C(=O)NCc2cccc(F)c2)N=C(c2ccc(OCCCO)cc2)O[C@@H]1c1ccccc1. The second-order valence-electron chi connectivity index (χ2n) is 10.3. The summed E-state index contributed by atoms with van der Waals surface area (Å²) in [4.78, 5) is 22.3. The van der Waals surface area contributed by atoms with E-state index < -0.39 is 23.4 Å². The second kappa shape index (κ2) is 14.3. The Morgan fingerprint density at radius 2 is 1.77 bits per heavy atom. The average Bonchev–Trinajstić information content (AvgIpc) is 3.44. The number of carbonyl (C=O) groups is 1. The van der Waals surface area contributed by atoms with Gasteiger partial charge in [-0.25, -0.2) is 9.38 Å². The summed E-state index contributed by atoms with van der Waals surface area (Å²) in [6, 6.07) is 30.1. The Morgan fingerprint density at radius 1 is 1.02 bits per heavy atom. The summed E-state index contributed by atoms with van der Waals surface area (Å²) in [5, 5.41) is 15.8. The molecular formula is C34H32FN5O4. The number of aliphatic imine (C=N–C) groups is 1. The van der Waals surface area contributed by atoms with E-state index in [1.807, 2.05) is 66.7 Å². The van der Waals surface area contributed by atoms with E-state index in [0.717, 1.165) is 16.7 Å². The molecule has 0 fully saturated rings. The van der Waals surface area contributed by atoms with Crippen molar-refractivity contribution in [3.63, 3.8) is 0 Å². The molecule has 9 nitrogen and oxygen atoms in total. The van der Waals surface area contributed by atoms with Gasteiger partial charge in [0.1, 0.15) is 11.6 Å². The number of nitrogens with one attached hydrogen (secondary N) is 1. The van der Waals surface area contributed by atoms with Crippen molar-refractivity contribution < 1.29 is 23.8 Å². The monoisotopic (exact) mass is 593 g/mol. The van der Waals surface area contributed by atoms with E-state index in [0.29, 0.717) is 29.9 Å². The van der Waals surface area contributed by atoms with Crippen molar-refractivity contribution in [2.45, 2.75) is 37.6 Å². The highest BCUT2D eigenvalue weighted by Gasteiger charge is 2.53. The molecule has 2 N–H and O–H groups in total. The fourth-order valence-corrected chi connectivity index (χ4v) is 5.17. The normalized spacial score (nSPS) is 17.2. The molecule has 0 saturated carbocycles. The zero-order chi connectivity index (χ0) is 30.8. The molecule has 4 aromatic carbocycles. The van der Waals surface area contributed by atoms with Crippen molar-refractivity contribution >= 4 is 11.8 Å². The smallest absolute Gasteiger partial charge is 0.252 e. The standard InChI is InChI=1S/C34H32FN5O4/c35-29-13-6-8-24(20-29)22-37-33(42)34(21-27-11-4-5-12-28(27)23-38-40-36)31(25-9-2-1-3-10-25)44-32(39-34)26-14-16-30(17-15-26)43-19-7-18-41/h1-6,8-17,20,31,41H,7,18-19,21-23H2,(H,37,42)/t31-,34-/m1/s1. The number of azide groups is 1. The Hall–Kier alpha value is -5.18. The Morgan fingerprint density at radius 3 is 2.50 bits per heavy atom. The van der Waals surface area contributed by atoms with Gasteiger partial charge in [0.2, 0.25) is 5.90 Å². The molecule has 1 amide bonds. The number of hydrogen-bond acceptors (Lipinski definition) is 6. The number of amides is 1. The average molecular weight is 594 g/mol. The van der Waals surface area contributed by atoms with Crippen LogP contribution < -0.4 is 10.1 Å². The first kappa shape index (κ1) is 30.3. The Balaban J connectivity index is 1.58. The number of nitrogens with zero attached hydrogens (tertiary/aromatic N) is 4. The summed E-state index contributed by atoms with van der Waals surface area (Å²) >= 11 is 0. The van der Waals surface area contributed by atoms with Crippen LogP contribution in [0.15, 0.2) is 113 Å². The maximum atomic E-state index is 14.4. The van der Waals surface area contributed by atoms with Crippen LogP contribution in [0.25, 0.3) is 10.4 Å². The van der Waals surface area contributed by atoms with Gasteiger partial charge >= 0.3 is 0 Å². The van der Waals surface area contributed by atoms with Crippen LogP contribution in [0.3, 0.4) is 0 Å². The molecular weight excluding hydrogens is 561 g/mol. The predicted molar refractivity (Wildman–Crippen MR) is 164 cm³/mol. The van der Waals surface area contributed by atoms with E-state index in [1.165, 1.54) is 12.1 Å². The van der Waals surface area contributed by atoms with Gasteiger partial charge in [-0.15, -0.1) is 0 Å². The largest absolute Gasteiger partial charge is 0.494 e. The summed E-state index contributed by atoms with van der Waals surface area (Å²) in [5.74, 6) is 0.128. The van der Waals surface area contributed by atoms with Crippen molar-refractivity contribution in [2.24, 2.45) is 10.1 Å². The highest BCUT2D eigenvalue weighted by atomic mass is 19.1. The lowest BCUT2D eigenvalue weighted by molar-refractivity contribution is -0.129. The van der Waals surface area contributed by atoms with Crippen LogP contribution >= 0.6 is 0 Å². The molecule has 0 spiro atoms. The van der Waals surface area contributed by atoms with Gasteiger partial charge in [0, 0.05) is 36.5 Å². The van der Waals surface area contributed by atoms with Gasteiger partial charge in [-0.2, -0.15) is 0 Å². The van der Waals surface area contributed by atoms with Crippen LogP contribution in [-0.4, -0.2) is 35.7 Å². The number of benzene rings is 4. The van der Waals surface area contributed by atoms with E-state index >= 15 is 0 Å². The molecule has 0 aromatic heterocycles. The lowest BCUT2D eigenvalue weighted by atomic mass is 9.81. The lowest BCUT2D eigenvalue weighted by Gasteiger charge is -2.31. The second-order valence-corrected chi connectivity index (χ2v) is 10.3. The molecule has 0 saturated heterocycles. The van der Waals surface area contributed by atoms with Crippen molar-refractivity contribution in [1.29, 1.82) is 0 Å². The van der Waals surface area contributed by atoms with Crippen LogP contribution in [0, 0.1) is 5.82 Å². The fraction of sp³-hybridized carbons (Fsp3) is 0.235. The Bertz CT molecular complexity index is 1660.